The molecule has 0 fully saturated rings. The lowest BCUT2D eigenvalue weighted by Crippen LogP contribution is -2.14. The summed E-state index contributed by atoms with van der Waals surface area (Å²) in [4.78, 5) is 12.9. The first-order valence-corrected chi connectivity index (χ1v) is 17.2. The highest BCUT2D eigenvalue weighted by atomic mass is 35.5. The van der Waals surface area contributed by atoms with E-state index in [0.29, 0.717) is 51.5 Å². The fourth-order valence-electron chi connectivity index (χ4n) is 4.75. The number of halogens is 1. The van der Waals surface area contributed by atoms with Crippen LogP contribution in [0.1, 0.15) is 33.9 Å². The summed E-state index contributed by atoms with van der Waals surface area (Å²) in [5.41, 5.74) is 10.2. The van der Waals surface area contributed by atoms with Gasteiger partial charge in [-0.15, -0.1) is 0 Å². The molecule has 0 aliphatic heterocycles. The zero-order valence-corrected chi connectivity index (χ0v) is 27.7. The van der Waals surface area contributed by atoms with Crippen molar-refractivity contribution in [3.63, 3.8) is 0 Å². The summed E-state index contributed by atoms with van der Waals surface area (Å²) in [5.74, 6) is -0.564. The average Bonchev–Trinajstić information content (AvgIpc) is 3.36. The van der Waals surface area contributed by atoms with Crippen molar-refractivity contribution in [3.8, 4) is 11.1 Å². The molecule has 0 aliphatic carbocycles. The summed E-state index contributed by atoms with van der Waals surface area (Å²) in [7, 11) is -2.54. The van der Waals surface area contributed by atoms with Gasteiger partial charge in [-0.05, 0) is 37.5 Å². The Balaban J connectivity index is 2.00. The highest BCUT2D eigenvalue weighted by molar-refractivity contribution is 7.86. The van der Waals surface area contributed by atoms with Crippen LogP contribution in [-0.4, -0.2) is 82.3 Å². The first kappa shape index (κ1) is 35.2. The molecule has 0 unspecified atom stereocenters. The topological polar surface area (TPSA) is 195 Å². The van der Waals surface area contributed by atoms with Crippen LogP contribution in [0.4, 0.5) is 0 Å². The van der Waals surface area contributed by atoms with E-state index in [1.807, 2.05) is 6.92 Å². The number of rotatable bonds is 15. The molecule has 1 aromatic carbocycles. The molecule has 14 nitrogen and oxygen atoms in total. The third kappa shape index (κ3) is 8.67. The smallest absolute Gasteiger partial charge is 0.354 e. The molecule has 242 valence electrons. The second-order valence-corrected chi connectivity index (χ2v) is 13.8. The standard InChI is InChI=1S/C27H36ClN5O9S2/c1-16-23(22(31-33(16)3)15-40-13-17(29)12-18(30)14-42-44(6,37)38)24-21(28)10-9-20-19(8-7-11-41-43(5,35)36)26(27(34)39-4)32(2)25(20)24/h9-10,12,30H,7-8,11,13-15,29H2,1-6H3. The number of aromatic nitrogens is 3. The third-order valence-corrected chi connectivity index (χ3v) is 8.06. The molecule has 2 aromatic heterocycles. The van der Waals surface area contributed by atoms with E-state index in [-0.39, 0.29) is 31.2 Å². The predicted molar refractivity (Wildman–Crippen MR) is 166 cm³/mol. The zero-order valence-electron chi connectivity index (χ0n) is 25.3. The molecule has 2 heterocycles. The average molecular weight is 674 g/mol. The van der Waals surface area contributed by atoms with Gasteiger partial charge in [-0.1, -0.05) is 17.7 Å². The summed E-state index contributed by atoms with van der Waals surface area (Å²) in [6, 6.07) is 3.52. The first-order valence-electron chi connectivity index (χ1n) is 13.2. The molecule has 0 saturated carbocycles. The van der Waals surface area contributed by atoms with Crippen LogP contribution in [0.2, 0.25) is 5.02 Å². The molecule has 0 atom stereocenters. The number of carbonyl (C=O) groups excluding carboxylic acids is 1. The van der Waals surface area contributed by atoms with Gasteiger partial charge in [0.25, 0.3) is 20.2 Å². The number of esters is 1. The number of hydrogen-bond acceptors (Lipinski definition) is 12. The SMILES string of the molecule is COC(=O)c1c(CCCOS(C)(=O)=O)c2ccc(Cl)c(-c3c(COCC(N)=CC(=N)COS(C)(=O)=O)nn(C)c3C)c2n1C. The molecule has 0 spiro atoms. The molecule has 3 aromatic rings. The maximum atomic E-state index is 12.9. The van der Waals surface area contributed by atoms with E-state index in [2.05, 4.69) is 9.28 Å². The van der Waals surface area contributed by atoms with Crippen molar-refractivity contribution in [2.45, 2.75) is 26.4 Å². The van der Waals surface area contributed by atoms with Gasteiger partial charge in [0, 0.05) is 42.0 Å². The largest absolute Gasteiger partial charge is 0.464 e. The highest BCUT2D eigenvalue weighted by Crippen LogP contribution is 2.42. The van der Waals surface area contributed by atoms with Gasteiger partial charge in [-0.2, -0.15) is 21.9 Å². The van der Waals surface area contributed by atoms with Crippen LogP contribution in [0.5, 0.6) is 0 Å². The van der Waals surface area contributed by atoms with Crippen LogP contribution in [0.3, 0.4) is 0 Å². The van der Waals surface area contributed by atoms with Crippen LogP contribution in [-0.2, 0) is 65.2 Å². The second-order valence-electron chi connectivity index (χ2n) is 10.1. The van der Waals surface area contributed by atoms with Gasteiger partial charge in [0.05, 0.1) is 61.4 Å². The molecule has 0 amide bonds. The molecule has 0 aliphatic rings. The molecule has 0 radical (unpaired) electrons. The Morgan fingerprint density at radius 2 is 1.75 bits per heavy atom. The lowest BCUT2D eigenvalue weighted by atomic mass is 9.98. The van der Waals surface area contributed by atoms with E-state index in [9.17, 15) is 21.6 Å². The Bertz CT molecular complexity index is 1830. The quantitative estimate of drug-likeness (QED) is 0.104. The monoisotopic (exact) mass is 673 g/mol. The van der Waals surface area contributed by atoms with Gasteiger partial charge in [0.2, 0.25) is 0 Å². The van der Waals surface area contributed by atoms with Gasteiger partial charge >= 0.3 is 5.97 Å². The van der Waals surface area contributed by atoms with Crippen molar-refractivity contribution in [2.24, 2.45) is 19.8 Å². The number of aryl methyl sites for hydroxylation is 3. The van der Waals surface area contributed by atoms with Crippen LogP contribution >= 0.6 is 11.6 Å². The van der Waals surface area contributed by atoms with Crippen LogP contribution in [0.15, 0.2) is 23.9 Å². The van der Waals surface area contributed by atoms with Crippen molar-refractivity contribution in [3.05, 3.63) is 51.6 Å². The van der Waals surface area contributed by atoms with Gasteiger partial charge in [-0.25, -0.2) is 4.79 Å². The van der Waals surface area contributed by atoms with Gasteiger partial charge < -0.3 is 25.2 Å². The van der Waals surface area contributed by atoms with Gasteiger partial charge in [0.15, 0.2) is 0 Å². The number of hydrogen-bond donors (Lipinski definition) is 2. The van der Waals surface area contributed by atoms with Crippen molar-refractivity contribution in [2.75, 3.05) is 39.4 Å². The van der Waals surface area contributed by atoms with Crippen molar-refractivity contribution in [1.29, 1.82) is 5.41 Å². The summed E-state index contributed by atoms with van der Waals surface area (Å²) in [5, 5.41) is 13.6. The van der Waals surface area contributed by atoms with Crippen LogP contribution in [0.25, 0.3) is 22.0 Å². The fourth-order valence-corrected chi connectivity index (χ4v) is 5.76. The summed E-state index contributed by atoms with van der Waals surface area (Å²) in [6.07, 6.45) is 3.78. The van der Waals surface area contributed by atoms with E-state index in [0.717, 1.165) is 23.6 Å². The molecular formula is C27H36ClN5O9S2. The lowest BCUT2D eigenvalue weighted by Gasteiger charge is -2.12. The Morgan fingerprint density at radius 1 is 1.09 bits per heavy atom. The molecule has 17 heteroatoms. The summed E-state index contributed by atoms with van der Waals surface area (Å²) < 4.78 is 68.9. The summed E-state index contributed by atoms with van der Waals surface area (Å²) >= 11 is 6.82. The van der Waals surface area contributed by atoms with Crippen molar-refractivity contribution in [1.82, 2.24) is 14.3 Å². The Labute approximate surface area is 261 Å². The number of nitrogens with one attached hydrogen (secondary N) is 1. The number of nitrogens with zero attached hydrogens (tertiary/aromatic N) is 3. The minimum absolute atomic E-state index is 0.00934. The van der Waals surface area contributed by atoms with Crippen molar-refractivity contribution < 1.29 is 39.5 Å². The minimum atomic E-state index is -3.70. The highest BCUT2D eigenvalue weighted by Gasteiger charge is 2.27. The number of carbonyl (C=O) groups is 1. The number of methoxy groups -OCH3 is 1. The Morgan fingerprint density at radius 3 is 2.36 bits per heavy atom. The predicted octanol–water partition coefficient (Wildman–Crippen LogP) is 2.59. The number of fused-ring (bicyclic) bond motifs is 1. The van der Waals surface area contributed by atoms with E-state index in [1.54, 1.807) is 35.5 Å². The maximum Gasteiger partial charge on any atom is 0.354 e. The Kier molecular flexibility index (Phi) is 11.4. The molecule has 3 rings (SSSR count). The number of nitrogens with two attached hydrogens (primary N) is 1. The van der Waals surface area contributed by atoms with Crippen molar-refractivity contribution >= 4 is 54.4 Å². The first-order chi connectivity index (χ1) is 20.4. The lowest BCUT2D eigenvalue weighted by molar-refractivity contribution is 0.0589. The van der Waals surface area contributed by atoms with Gasteiger partial charge in [-0.3, -0.25) is 13.0 Å². The molecule has 0 bridgehead atoms. The fraction of sp³-hybridized carbons (Fsp3) is 0.444. The van der Waals surface area contributed by atoms with Crippen LogP contribution < -0.4 is 5.73 Å². The van der Waals surface area contributed by atoms with Gasteiger partial charge in [0.1, 0.15) is 12.3 Å². The Hall–Kier alpha value is -3.28. The normalized spacial score (nSPS) is 12.7. The van der Waals surface area contributed by atoms with Crippen LogP contribution in [0, 0.1) is 12.3 Å². The van der Waals surface area contributed by atoms with E-state index < -0.39 is 32.8 Å². The summed E-state index contributed by atoms with van der Waals surface area (Å²) in [6.45, 7) is 1.29. The minimum Gasteiger partial charge on any atom is -0.464 e. The maximum absolute atomic E-state index is 12.9. The molecular weight excluding hydrogens is 638 g/mol. The second kappa shape index (κ2) is 14.2. The number of ether oxygens (including phenoxy) is 2. The molecule has 44 heavy (non-hydrogen) atoms. The third-order valence-electron chi connectivity index (χ3n) is 6.61. The van der Waals surface area contributed by atoms with E-state index in [4.69, 9.17) is 36.4 Å². The van der Waals surface area contributed by atoms with E-state index >= 15 is 0 Å². The number of benzene rings is 1. The van der Waals surface area contributed by atoms with E-state index in [1.165, 1.54) is 13.2 Å². The molecule has 0 saturated heterocycles. The molecule has 3 N–H and O–H groups in total. The zero-order chi connectivity index (χ0) is 33.0.